The maximum Gasteiger partial charge on any atom is 0.144 e. The third kappa shape index (κ3) is 3.57. The van der Waals surface area contributed by atoms with E-state index in [1.807, 2.05) is 6.07 Å². The van der Waals surface area contributed by atoms with Gasteiger partial charge in [-0.25, -0.2) is 4.98 Å². The van der Waals surface area contributed by atoms with Crippen molar-refractivity contribution in [3.8, 4) is 0 Å². The van der Waals surface area contributed by atoms with E-state index >= 15 is 0 Å². The average molecular weight is 319 g/mol. The molecule has 17 heavy (non-hydrogen) atoms. The second-order valence-corrected chi connectivity index (χ2v) is 5.78. The summed E-state index contributed by atoms with van der Waals surface area (Å²) in [5.74, 6) is 0.765. The molecule has 94 valence electrons. The van der Waals surface area contributed by atoms with Crippen LogP contribution in [-0.2, 0) is 0 Å². The molecular weight excluding hydrogens is 302 g/mol. The van der Waals surface area contributed by atoms with Crippen LogP contribution in [0.1, 0.15) is 19.8 Å². The Morgan fingerprint density at radius 2 is 2.24 bits per heavy atom. The standard InChI is InChI=1S/C12H17BrClN3/c1-9(17-4-2-3-5-17)7-15-12-11(14)6-10(13)8-16-12/h6,8-9H,2-5,7H2,1H3,(H,15,16). The molecule has 0 amide bonds. The Kier molecular flexibility index (Phi) is 4.65. The maximum absolute atomic E-state index is 6.10. The fraction of sp³-hybridized carbons (Fsp3) is 0.583. The molecule has 0 bridgehead atoms. The van der Waals surface area contributed by atoms with Crippen molar-refractivity contribution in [1.82, 2.24) is 9.88 Å². The van der Waals surface area contributed by atoms with Crippen LogP contribution < -0.4 is 5.32 Å². The lowest BCUT2D eigenvalue weighted by Crippen LogP contribution is -2.35. The van der Waals surface area contributed by atoms with Crippen molar-refractivity contribution in [2.45, 2.75) is 25.8 Å². The Morgan fingerprint density at radius 3 is 2.88 bits per heavy atom. The van der Waals surface area contributed by atoms with Gasteiger partial charge in [0.25, 0.3) is 0 Å². The molecule has 1 aliphatic heterocycles. The fourth-order valence-corrected chi connectivity index (χ4v) is 2.80. The van der Waals surface area contributed by atoms with Gasteiger partial charge in [-0.15, -0.1) is 0 Å². The molecule has 0 aliphatic carbocycles. The molecule has 0 aromatic carbocycles. The van der Waals surface area contributed by atoms with Crippen LogP contribution in [0, 0.1) is 0 Å². The third-order valence-electron chi connectivity index (χ3n) is 3.14. The Bertz CT molecular complexity index is 380. The molecule has 3 nitrogen and oxygen atoms in total. The van der Waals surface area contributed by atoms with Crippen molar-refractivity contribution in [3.63, 3.8) is 0 Å². The smallest absolute Gasteiger partial charge is 0.144 e. The zero-order valence-electron chi connectivity index (χ0n) is 9.92. The predicted octanol–water partition coefficient (Wildman–Crippen LogP) is 3.39. The molecule has 1 unspecified atom stereocenters. The summed E-state index contributed by atoms with van der Waals surface area (Å²) in [6.07, 6.45) is 4.40. The van der Waals surface area contributed by atoms with Gasteiger partial charge in [-0.3, -0.25) is 4.90 Å². The molecule has 0 spiro atoms. The first-order valence-electron chi connectivity index (χ1n) is 5.96. The number of hydrogen-bond donors (Lipinski definition) is 1. The highest BCUT2D eigenvalue weighted by Crippen LogP contribution is 2.23. The van der Waals surface area contributed by atoms with Crippen LogP contribution >= 0.6 is 27.5 Å². The number of hydrogen-bond acceptors (Lipinski definition) is 3. The average Bonchev–Trinajstić information content (AvgIpc) is 2.81. The first-order chi connectivity index (χ1) is 8.16. The lowest BCUT2D eigenvalue weighted by atomic mass is 10.3. The van der Waals surface area contributed by atoms with Gasteiger partial charge >= 0.3 is 0 Å². The first-order valence-corrected chi connectivity index (χ1v) is 7.13. The van der Waals surface area contributed by atoms with Crippen molar-refractivity contribution in [3.05, 3.63) is 21.8 Å². The molecule has 2 heterocycles. The van der Waals surface area contributed by atoms with E-state index < -0.39 is 0 Å². The summed E-state index contributed by atoms with van der Waals surface area (Å²) >= 11 is 9.45. The minimum atomic E-state index is 0.527. The molecule has 1 fully saturated rings. The second kappa shape index (κ2) is 6.03. The van der Waals surface area contributed by atoms with E-state index in [4.69, 9.17) is 11.6 Å². The van der Waals surface area contributed by atoms with Crippen LogP contribution in [0.2, 0.25) is 5.02 Å². The normalized spacial score (nSPS) is 18.3. The molecule has 5 heteroatoms. The van der Waals surface area contributed by atoms with Crippen LogP contribution in [0.15, 0.2) is 16.7 Å². The van der Waals surface area contributed by atoms with Gasteiger partial charge < -0.3 is 5.32 Å². The van der Waals surface area contributed by atoms with Crippen LogP contribution in [0.3, 0.4) is 0 Å². The Hall–Kier alpha value is -0.320. The van der Waals surface area contributed by atoms with Gasteiger partial charge in [-0.05, 0) is 54.9 Å². The number of pyridine rings is 1. The van der Waals surface area contributed by atoms with E-state index in [0.717, 1.165) is 16.8 Å². The molecular formula is C12H17BrClN3. The molecule has 0 saturated carbocycles. The zero-order valence-corrected chi connectivity index (χ0v) is 12.3. The van der Waals surface area contributed by atoms with E-state index in [1.54, 1.807) is 6.20 Å². The summed E-state index contributed by atoms with van der Waals surface area (Å²) in [7, 11) is 0. The third-order valence-corrected chi connectivity index (χ3v) is 3.86. The molecule has 1 aromatic rings. The van der Waals surface area contributed by atoms with Gasteiger partial charge in [-0.1, -0.05) is 11.6 Å². The number of aromatic nitrogens is 1. The van der Waals surface area contributed by atoms with Gasteiger partial charge in [0.1, 0.15) is 5.82 Å². The van der Waals surface area contributed by atoms with Crippen molar-refractivity contribution < 1.29 is 0 Å². The summed E-state index contributed by atoms with van der Waals surface area (Å²) in [6, 6.07) is 2.39. The van der Waals surface area contributed by atoms with Crippen LogP contribution in [-0.4, -0.2) is 35.6 Å². The van der Waals surface area contributed by atoms with Crippen molar-refractivity contribution in [1.29, 1.82) is 0 Å². The topological polar surface area (TPSA) is 28.2 Å². The van der Waals surface area contributed by atoms with Gasteiger partial charge in [0.05, 0.1) is 5.02 Å². The summed E-state index contributed by atoms with van der Waals surface area (Å²) in [6.45, 7) is 5.55. The highest BCUT2D eigenvalue weighted by Gasteiger charge is 2.17. The fourth-order valence-electron chi connectivity index (χ4n) is 2.10. The number of nitrogens with zero attached hydrogens (tertiary/aromatic N) is 2. The van der Waals surface area contributed by atoms with Gasteiger partial charge in [0, 0.05) is 23.3 Å². The van der Waals surface area contributed by atoms with Gasteiger partial charge in [0.2, 0.25) is 0 Å². The van der Waals surface area contributed by atoms with Crippen LogP contribution in [0.5, 0.6) is 0 Å². The number of rotatable bonds is 4. The Labute approximate surface area is 116 Å². The van der Waals surface area contributed by atoms with Crippen molar-refractivity contribution >= 4 is 33.3 Å². The van der Waals surface area contributed by atoms with Crippen LogP contribution in [0.25, 0.3) is 0 Å². The number of halogens is 2. The molecule has 0 radical (unpaired) electrons. The van der Waals surface area contributed by atoms with Crippen molar-refractivity contribution in [2.24, 2.45) is 0 Å². The summed E-state index contributed by atoms with van der Waals surface area (Å²) in [4.78, 5) is 6.77. The van der Waals surface area contributed by atoms with E-state index in [1.165, 1.54) is 25.9 Å². The Morgan fingerprint density at radius 1 is 1.53 bits per heavy atom. The largest absolute Gasteiger partial charge is 0.367 e. The van der Waals surface area contributed by atoms with E-state index in [-0.39, 0.29) is 0 Å². The van der Waals surface area contributed by atoms with E-state index in [2.05, 4.69) is 38.1 Å². The first kappa shape index (κ1) is 13.1. The maximum atomic E-state index is 6.10. The number of likely N-dealkylation sites (tertiary alicyclic amines) is 1. The lowest BCUT2D eigenvalue weighted by Gasteiger charge is -2.24. The quantitative estimate of drug-likeness (QED) is 0.922. The van der Waals surface area contributed by atoms with E-state index in [9.17, 15) is 0 Å². The molecule has 1 atom stereocenters. The second-order valence-electron chi connectivity index (χ2n) is 4.46. The number of anilines is 1. The highest BCUT2D eigenvalue weighted by molar-refractivity contribution is 9.10. The lowest BCUT2D eigenvalue weighted by molar-refractivity contribution is 0.269. The molecule has 1 aliphatic rings. The Balaban J connectivity index is 1.88. The van der Waals surface area contributed by atoms with E-state index in [0.29, 0.717) is 11.1 Å². The highest BCUT2D eigenvalue weighted by atomic mass is 79.9. The molecule has 1 saturated heterocycles. The summed E-state index contributed by atoms with van der Waals surface area (Å²) in [5.41, 5.74) is 0. The molecule has 2 rings (SSSR count). The summed E-state index contributed by atoms with van der Waals surface area (Å²) < 4.78 is 0.903. The number of nitrogens with one attached hydrogen (secondary N) is 1. The SMILES string of the molecule is CC(CNc1ncc(Br)cc1Cl)N1CCCC1. The summed E-state index contributed by atoms with van der Waals surface area (Å²) in [5, 5.41) is 3.97. The van der Waals surface area contributed by atoms with Crippen molar-refractivity contribution in [2.75, 3.05) is 25.0 Å². The minimum absolute atomic E-state index is 0.527. The van der Waals surface area contributed by atoms with Gasteiger partial charge in [-0.2, -0.15) is 0 Å². The zero-order chi connectivity index (χ0) is 12.3. The minimum Gasteiger partial charge on any atom is -0.367 e. The molecule has 1 aromatic heterocycles. The van der Waals surface area contributed by atoms with Gasteiger partial charge in [0.15, 0.2) is 0 Å². The molecule has 1 N–H and O–H groups in total. The van der Waals surface area contributed by atoms with Crippen LogP contribution in [0.4, 0.5) is 5.82 Å². The monoisotopic (exact) mass is 317 g/mol. The predicted molar refractivity (Wildman–Crippen MR) is 75.7 cm³/mol.